The van der Waals surface area contributed by atoms with Gasteiger partial charge in [0.05, 0.1) is 65.6 Å². The number of aliphatic hydroxyl groups excluding tert-OH is 2. The van der Waals surface area contributed by atoms with Gasteiger partial charge in [-0.3, -0.25) is 0 Å². The average molecular weight is 571 g/mol. The highest BCUT2D eigenvalue weighted by atomic mass is 16.5. The molecule has 0 spiro atoms. The average Bonchev–Trinajstić information content (AvgIpc) is 3.30. The first-order chi connectivity index (χ1) is 20.0. The van der Waals surface area contributed by atoms with Crippen LogP contribution in [0.3, 0.4) is 0 Å². The van der Waals surface area contributed by atoms with Gasteiger partial charge in [-0.1, -0.05) is 69.5 Å². The number of benzene rings is 2. The Labute approximate surface area is 246 Å². The van der Waals surface area contributed by atoms with Crippen LogP contribution in [0.2, 0.25) is 0 Å². The molecule has 41 heavy (non-hydrogen) atoms. The smallest absolute Gasteiger partial charge is 0.118 e. The van der Waals surface area contributed by atoms with Gasteiger partial charge in [0.15, 0.2) is 0 Å². The fourth-order valence-electron chi connectivity index (χ4n) is 5.43. The van der Waals surface area contributed by atoms with Gasteiger partial charge in [-0.15, -0.1) is 0 Å². The van der Waals surface area contributed by atoms with E-state index in [1.165, 1.54) is 19.3 Å². The predicted octanol–water partition coefficient (Wildman–Crippen LogP) is 5.95. The zero-order valence-electron chi connectivity index (χ0n) is 25.2. The lowest BCUT2D eigenvalue weighted by Crippen LogP contribution is -2.27. The van der Waals surface area contributed by atoms with Crippen molar-refractivity contribution in [2.75, 3.05) is 34.0 Å². The summed E-state index contributed by atoms with van der Waals surface area (Å²) in [6, 6.07) is 15.8. The Bertz CT molecular complexity index is 991. The van der Waals surface area contributed by atoms with Crippen molar-refractivity contribution in [1.29, 1.82) is 0 Å². The molecule has 3 rings (SSSR count). The van der Waals surface area contributed by atoms with Crippen molar-refractivity contribution in [2.45, 2.75) is 77.5 Å². The summed E-state index contributed by atoms with van der Waals surface area (Å²) in [6.07, 6.45) is 8.56. The maximum absolute atomic E-state index is 11.0. The van der Waals surface area contributed by atoms with Gasteiger partial charge in [0.25, 0.3) is 0 Å². The molecule has 0 bridgehead atoms. The third-order valence-electron chi connectivity index (χ3n) is 7.92. The van der Waals surface area contributed by atoms with Crippen LogP contribution in [-0.2, 0) is 27.4 Å². The van der Waals surface area contributed by atoms with E-state index in [-0.39, 0.29) is 37.3 Å². The fraction of sp³-hybridized carbons (Fsp3) is 0.588. The zero-order valence-corrected chi connectivity index (χ0v) is 25.2. The number of hydrogen-bond donors (Lipinski definition) is 2. The molecule has 2 N–H and O–H groups in total. The van der Waals surface area contributed by atoms with Gasteiger partial charge in [-0.2, -0.15) is 0 Å². The first-order valence-corrected chi connectivity index (χ1v) is 15.0. The molecule has 1 unspecified atom stereocenters. The number of ether oxygens (including phenoxy) is 5. The van der Waals surface area contributed by atoms with Crippen LogP contribution >= 0.6 is 0 Å². The van der Waals surface area contributed by atoms with Crippen LogP contribution in [0.25, 0.3) is 0 Å². The third-order valence-corrected chi connectivity index (χ3v) is 7.92. The largest absolute Gasteiger partial charge is 0.497 e. The molecule has 7 heteroatoms. The number of methoxy groups -OCH3 is 2. The van der Waals surface area contributed by atoms with Crippen molar-refractivity contribution in [3.63, 3.8) is 0 Å². The van der Waals surface area contributed by atoms with E-state index in [4.69, 9.17) is 23.7 Å². The van der Waals surface area contributed by atoms with Crippen molar-refractivity contribution in [3.8, 4) is 11.5 Å². The minimum atomic E-state index is -0.550. The Morgan fingerprint density at radius 3 is 2.17 bits per heavy atom. The molecule has 228 valence electrons. The van der Waals surface area contributed by atoms with Crippen LogP contribution in [0.5, 0.6) is 11.5 Å². The van der Waals surface area contributed by atoms with E-state index in [0.29, 0.717) is 32.2 Å². The Kier molecular flexibility index (Phi) is 14.7. The van der Waals surface area contributed by atoms with Crippen LogP contribution in [0.1, 0.15) is 57.1 Å². The van der Waals surface area contributed by atoms with E-state index < -0.39 is 6.10 Å². The van der Waals surface area contributed by atoms with E-state index >= 15 is 0 Å². The molecule has 0 heterocycles. The number of hydrogen-bond acceptors (Lipinski definition) is 7. The Hall–Kier alpha value is -2.42. The van der Waals surface area contributed by atoms with Gasteiger partial charge in [0.2, 0.25) is 0 Å². The highest BCUT2D eigenvalue weighted by Crippen LogP contribution is 2.37. The van der Waals surface area contributed by atoms with Gasteiger partial charge >= 0.3 is 0 Å². The molecular weight excluding hydrogens is 520 g/mol. The number of aliphatic hydroxyl groups is 2. The van der Waals surface area contributed by atoms with E-state index in [0.717, 1.165) is 29.0 Å². The van der Waals surface area contributed by atoms with Crippen LogP contribution in [0, 0.1) is 17.8 Å². The lowest BCUT2D eigenvalue weighted by atomic mass is 9.92. The van der Waals surface area contributed by atoms with Crippen LogP contribution in [0.4, 0.5) is 0 Å². The molecule has 0 radical (unpaired) electrons. The standard InChI is InChI=1S/C34H50O7/c1-5-6-7-25(2)20-30(40-22-26-8-12-28(37-3)13-9-26)16-17-31-32(24-39-19-18-35)33(36)21-34(31)41-23-27-10-14-29(38-4)15-11-27/h8-17,25,30-36H,5-7,18-24H2,1-4H3/b17-16+/t25-,30+,31+,32+,33-,34?/m0/s1. The Morgan fingerprint density at radius 1 is 0.951 bits per heavy atom. The quantitative estimate of drug-likeness (QED) is 0.159. The maximum atomic E-state index is 11.0. The SMILES string of the molecule is CCCC[C@H](C)C[C@@H](/C=C/[C@H]1C(OCc2ccc(OC)cc2)C[C@H](O)[C@@H]1COCCO)OCc1ccc(OC)cc1. The van der Waals surface area contributed by atoms with Crippen LogP contribution in [-0.4, -0.2) is 62.6 Å². The van der Waals surface area contributed by atoms with Crippen molar-refractivity contribution in [2.24, 2.45) is 17.8 Å². The summed E-state index contributed by atoms with van der Waals surface area (Å²) in [5.74, 6) is 1.99. The minimum absolute atomic E-state index is 0.0417. The first-order valence-electron chi connectivity index (χ1n) is 15.0. The summed E-state index contributed by atoms with van der Waals surface area (Å²) in [5, 5.41) is 20.2. The molecule has 1 aliphatic rings. The molecule has 0 aromatic heterocycles. The van der Waals surface area contributed by atoms with Gasteiger partial charge in [0, 0.05) is 18.3 Å². The van der Waals surface area contributed by atoms with Crippen molar-refractivity contribution < 1.29 is 33.9 Å². The second kappa shape index (κ2) is 18.2. The van der Waals surface area contributed by atoms with E-state index in [1.807, 2.05) is 48.5 Å². The highest BCUT2D eigenvalue weighted by molar-refractivity contribution is 5.27. The van der Waals surface area contributed by atoms with Gasteiger partial charge in [-0.05, 0) is 47.7 Å². The highest BCUT2D eigenvalue weighted by Gasteiger charge is 2.42. The van der Waals surface area contributed by atoms with Gasteiger partial charge < -0.3 is 33.9 Å². The predicted molar refractivity (Wildman–Crippen MR) is 161 cm³/mol. The Morgan fingerprint density at radius 2 is 1.59 bits per heavy atom. The Balaban J connectivity index is 1.74. The molecule has 6 atom stereocenters. The van der Waals surface area contributed by atoms with E-state index in [1.54, 1.807) is 14.2 Å². The van der Waals surface area contributed by atoms with Gasteiger partial charge in [-0.25, -0.2) is 0 Å². The molecular formula is C34H50O7. The molecule has 7 nitrogen and oxygen atoms in total. The lowest BCUT2D eigenvalue weighted by molar-refractivity contribution is 0.00520. The van der Waals surface area contributed by atoms with Crippen LogP contribution < -0.4 is 9.47 Å². The molecule has 0 aliphatic heterocycles. The monoisotopic (exact) mass is 570 g/mol. The summed E-state index contributed by atoms with van der Waals surface area (Å²) in [4.78, 5) is 0. The zero-order chi connectivity index (χ0) is 29.5. The minimum Gasteiger partial charge on any atom is -0.497 e. The molecule has 2 aromatic carbocycles. The molecule has 0 amide bonds. The number of unbranched alkanes of at least 4 members (excludes halogenated alkanes) is 1. The summed E-state index contributed by atoms with van der Waals surface area (Å²) in [5.41, 5.74) is 2.14. The van der Waals surface area contributed by atoms with Crippen molar-refractivity contribution in [3.05, 3.63) is 71.8 Å². The normalized spacial score (nSPS) is 22.2. The lowest BCUT2D eigenvalue weighted by Gasteiger charge is -2.24. The molecule has 1 aliphatic carbocycles. The van der Waals surface area contributed by atoms with E-state index in [9.17, 15) is 10.2 Å². The molecule has 0 saturated heterocycles. The molecule has 1 saturated carbocycles. The maximum Gasteiger partial charge on any atom is 0.118 e. The summed E-state index contributed by atoms with van der Waals surface area (Å²) >= 11 is 0. The van der Waals surface area contributed by atoms with Crippen LogP contribution in [0.15, 0.2) is 60.7 Å². The third kappa shape index (κ3) is 11.1. The second-order valence-electron chi connectivity index (χ2n) is 11.1. The fourth-order valence-corrected chi connectivity index (χ4v) is 5.43. The molecule has 2 aromatic rings. The van der Waals surface area contributed by atoms with Crippen molar-refractivity contribution in [1.82, 2.24) is 0 Å². The second-order valence-corrected chi connectivity index (χ2v) is 11.1. The molecule has 1 fully saturated rings. The summed E-state index contributed by atoms with van der Waals surface area (Å²) < 4.78 is 29.1. The summed E-state index contributed by atoms with van der Waals surface area (Å²) in [6.45, 7) is 6.04. The van der Waals surface area contributed by atoms with E-state index in [2.05, 4.69) is 26.0 Å². The van der Waals surface area contributed by atoms with Crippen molar-refractivity contribution >= 4 is 0 Å². The van der Waals surface area contributed by atoms with Gasteiger partial charge in [0.1, 0.15) is 11.5 Å². The first kappa shape index (κ1) is 33.1. The number of rotatable bonds is 19. The topological polar surface area (TPSA) is 86.6 Å². The summed E-state index contributed by atoms with van der Waals surface area (Å²) in [7, 11) is 3.32.